The van der Waals surface area contributed by atoms with Crippen molar-refractivity contribution in [3.63, 3.8) is 0 Å². The van der Waals surface area contributed by atoms with Crippen LogP contribution in [0.5, 0.6) is 0 Å². The number of fused-ring (bicyclic) bond motifs is 1. The molecule has 2 nitrogen and oxygen atoms in total. The molecule has 0 amide bonds. The van der Waals surface area contributed by atoms with E-state index in [0.29, 0.717) is 0 Å². The molecule has 0 spiro atoms. The molecule has 0 unspecified atom stereocenters. The summed E-state index contributed by atoms with van der Waals surface area (Å²) in [6.45, 7) is 3.97. The molecular formula is C12H22N2. The number of rotatable bonds is 1. The molecule has 2 saturated heterocycles. The molecule has 0 aromatic heterocycles. The molecule has 2 heteroatoms. The predicted octanol–water partition coefficient (Wildman–Crippen LogP) is 1.33. The van der Waals surface area contributed by atoms with Crippen LogP contribution >= 0.6 is 0 Å². The second-order valence-corrected chi connectivity index (χ2v) is 5.62. The molecule has 80 valence electrons. The van der Waals surface area contributed by atoms with E-state index in [9.17, 15) is 0 Å². The van der Waals surface area contributed by atoms with Crippen LogP contribution in [0.25, 0.3) is 0 Å². The van der Waals surface area contributed by atoms with Crippen molar-refractivity contribution < 1.29 is 0 Å². The topological polar surface area (TPSA) is 15.3 Å². The lowest BCUT2D eigenvalue weighted by atomic mass is 9.85. The Balaban J connectivity index is 1.69. The first kappa shape index (κ1) is 9.17. The van der Waals surface area contributed by atoms with E-state index in [1.54, 1.807) is 0 Å². The van der Waals surface area contributed by atoms with Crippen molar-refractivity contribution in [1.82, 2.24) is 10.2 Å². The second kappa shape index (κ2) is 3.49. The zero-order valence-corrected chi connectivity index (χ0v) is 9.21. The minimum absolute atomic E-state index is 0.868. The van der Waals surface area contributed by atoms with E-state index in [1.165, 1.54) is 45.3 Å². The highest BCUT2D eigenvalue weighted by Crippen LogP contribution is 2.39. The van der Waals surface area contributed by atoms with Gasteiger partial charge in [-0.2, -0.15) is 0 Å². The maximum atomic E-state index is 3.79. The molecule has 14 heavy (non-hydrogen) atoms. The van der Waals surface area contributed by atoms with Gasteiger partial charge < -0.3 is 10.2 Å². The molecule has 1 aliphatic carbocycles. The fourth-order valence-electron chi connectivity index (χ4n) is 4.01. The van der Waals surface area contributed by atoms with E-state index >= 15 is 0 Å². The number of hydrogen-bond acceptors (Lipinski definition) is 2. The zero-order chi connectivity index (χ0) is 9.54. The summed E-state index contributed by atoms with van der Waals surface area (Å²) >= 11 is 0. The summed E-state index contributed by atoms with van der Waals surface area (Å²) < 4.78 is 0. The molecule has 1 saturated carbocycles. The number of likely N-dealkylation sites (tertiary alicyclic amines) is 1. The molecule has 0 bridgehead atoms. The van der Waals surface area contributed by atoms with E-state index in [2.05, 4.69) is 17.3 Å². The Morgan fingerprint density at radius 1 is 1.07 bits per heavy atom. The van der Waals surface area contributed by atoms with Crippen LogP contribution in [0.1, 0.15) is 25.7 Å². The fraction of sp³-hybridized carbons (Fsp3) is 1.00. The maximum absolute atomic E-state index is 3.79. The summed E-state index contributed by atoms with van der Waals surface area (Å²) in [6.07, 6.45) is 5.95. The highest BCUT2D eigenvalue weighted by Gasteiger charge is 2.44. The van der Waals surface area contributed by atoms with Gasteiger partial charge in [-0.3, -0.25) is 0 Å². The molecular weight excluding hydrogens is 172 g/mol. The average Bonchev–Trinajstić information content (AvgIpc) is 2.77. The van der Waals surface area contributed by atoms with Gasteiger partial charge in [0.05, 0.1) is 0 Å². The van der Waals surface area contributed by atoms with Crippen LogP contribution in [0.2, 0.25) is 0 Å². The van der Waals surface area contributed by atoms with Crippen LogP contribution in [0.15, 0.2) is 0 Å². The van der Waals surface area contributed by atoms with Gasteiger partial charge in [0.2, 0.25) is 0 Å². The predicted molar refractivity (Wildman–Crippen MR) is 58.2 cm³/mol. The lowest BCUT2D eigenvalue weighted by Gasteiger charge is -2.25. The molecule has 0 aromatic rings. The van der Waals surface area contributed by atoms with Crippen molar-refractivity contribution in [1.29, 1.82) is 0 Å². The average molecular weight is 194 g/mol. The largest absolute Gasteiger partial charge is 0.313 e. The van der Waals surface area contributed by atoms with Gasteiger partial charge in [-0.1, -0.05) is 12.8 Å². The summed E-state index contributed by atoms with van der Waals surface area (Å²) in [7, 11) is 2.28. The van der Waals surface area contributed by atoms with Crippen molar-refractivity contribution in [3.8, 4) is 0 Å². The summed E-state index contributed by atoms with van der Waals surface area (Å²) in [4.78, 5) is 2.53. The third kappa shape index (κ3) is 1.40. The van der Waals surface area contributed by atoms with Crippen LogP contribution in [-0.2, 0) is 0 Å². The van der Waals surface area contributed by atoms with Gasteiger partial charge in [0.15, 0.2) is 0 Å². The van der Waals surface area contributed by atoms with Gasteiger partial charge >= 0.3 is 0 Å². The number of nitrogens with zero attached hydrogens (tertiary/aromatic N) is 1. The highest BCUT2D eigenvalue weighted by molar-refractivity contribution is 5.00. The third-order valence-corrected chi connectivity index (χ3v) is 4.66. The Kier molecular flexibility index (Phi) is 2.29. The van der Waals surface area contributed by atoms with Gasteiger partial charge in [0.1, 0.15) is 0 Å². The molecule has 2 heterocycles. The summed E-state index contributed by atoms with van der Waals surface area (Å²) in [5, 5.41) is 3.79. The molecule has 3 atom stereocenters. The van der Waals surface area contributed by atoms with Gasteiger partial charge in [-0.15, -0.1) is 0 Å². The van der Waals surface area contributed by atoms with Crippen molar-refractivity contribution >= 4 is 0 Å². The van der Waals surface area contributed by atoms with E-state index in [4.69, 9.17) is 0 Å². The smallest absolute Gasteiger partial charge is 0.0139 e. The highest BCUT2D eigenvalue weighted by atomic mass is 15.2. The summed E-state index contributed by atoms with van der Waals surface area (Å²) in [6, 6.07) is 0.868. The van der Waals surface area contributed by atoms with Gasteiger partial charge in [-0.05, 0) is 44.2 Å². The van der Waals surface area contributed by atoms with Crippen LogP contribution < -0.4 is 5.32 Å². The number of hydrogen-bond donors (Lipinski definition) is 1. The standard InChI is InChI=1S/C12H22N2/c1-14-7-10-6-13-12(11(10)8-14)9-4-2-3-5-9/h9-13H,2-8H2,1H3/t10-,11-,12+/m0/s1. The zero-order valence-electron chi connectivity index (χ0n) is 9.21. The summed E-state index contributed by atoms with van der Waals surface area (Å²) in [5.74, 6) is 2.95. The van der Waals surface area contributed by atoms with Crippen LogP contribution in [0.3, 0.4) is 0 Å². The molecule has 0 radical (unpaired) electrons. The van der Waals surface area contributed by atoms with Crippen molar-refractivity contribution in [2.45, 2.75) is 31.7 Å². The maximum Gasteiger partial charge on any atom is 0.0139 e. The monoisotopic (exact) mass is 194 g/mol. The molecule has 3 fully saturated rings. The molecule has 3 rings (SSSR count). The Morgan fingerprint density at radius 3 is 2.64 bits per heavy atom. The lowest BCUT2D eigenvalue weighted by molar-refractivity contribution is 0.293. The minimum Gasteiger partial charge on any atom is -0.313 e. The lowest BCUT2D eigenvalue weighted by Crippen LogP contribution is -2.36. The Hall–Kier alpha value is -0.0800. The Morgan fingerprint density at radius 2 is 1.86 bits per heavy atom. The van der Waals surface area contributed by atoms with Crippen molar-refractivity contribution in [3.05, 3.63) is 0 Å². The normalized spacial score (nSPS) is 44.8. The number of nitrogens with one attached hydrogen (secondary N) is 1. The van der Waals surface area contributed by atoms with Crippen LogP contribution in [0, 0.1) is 17.8 Å². The molecule has 0 aromatic carbocycles. The van der Waals surface area contributed by atoms with E-state index in [1.807, 2.05) is 0 Å². The first-order chi connectivity index (χ1) is 6.84. The third-order valence-electron chi connectivity index (χ3n) is 4.66. The Labute approximate surface area is 87.0 Å². The molecule has 1 N–H and O–H groups in total. The van der Waals surface area contributed by atoms with Gasteiger partial charge in [0, 0.05) is 19.1 Å². The molecule has 3 aliphatic rings. The van der Waals surface area contributed by atoms with Crippen molar-refractivity contribution in [2.24, 2.45) is 17.8 Å². The fourth-order valence-corrected chi connectivity index (χ4v) is 4.01. The quantitative estimate of drug-likeness (QED) is 0.677. The van der Waals surface area contributed by atoms with Gasteiger partial charge in [0.25, 0.3) is 0 Å². The first-order valence-corrected chi connectivity index (χ1v) is 6.26. The van der Waals surface area contributed by atoms with E-state index in [0.717, 1.165) is 23.8 Å². The SMILES string of the molecule is CN1C[C@@H]2CN[C@H](C3CCCC3)[C@H]2C1. The minimum atomic E-state index is 0.868. The van der Waals surface area contributed by atoms with E-state index < -0.39 is 0 Å². The molecule has 2 aliphatic heterocycles. The first-order valence-electron chi connectivity index (χ1n) is 6.26. The summed E-state index contributed by atoms with van der Waals surface area (Å²) in [5.41, 5.74) is 0. The Bertz CT molecular complexity index is 210. The van der Waals surface area contributed by atoms with Gasteiger partial charge in [-0.25, -0.2) is 0 Å². The van der Waals surface area contributed by atoms with Crippen LogP contribution in [0.4, 0.5) is 0 Å². The van der Waals surface area contributed by atoms with Crippen LogP contribution in [-0.4, -0.2) is 37.6 Å². The van der Waals surface area contributed by atoms with E-state index in [-0.39, 0.29) is 0 Å². The van der Waals surface area contributed by atoms with Crippen molar-refractivity contribution in [2.75, 3.05) is 26.7 Å². The second-order valence-electron chi connectivity index (χ2n) is 5.62.